The topological polar surface area (TPSA) is 59.6 Å². The molecule has 192 valence electrons. The molecule has 36 heavy (non-hydrogen) atoms. The number of carbonyl (C=O) groups excluding carboxylic acids is 1. The maximum absolute atomic E-state index is 11.9. The summed E-state index contributed by atoms with van der Waals surface area (Å²) in [6.45, 7) is 4.01. The van der Waals surface area contributed by atoms with Crippen LogP contribution in [-0.4, -0.2) is 39.3 Å². The second-order valence-electron chi connectivity index (χ2n) is 9.14. The van der Waals surface area contributed by atoms with Crippen molar-refractivity contribution in [3.63, 3.8) is 0 Å². The Morgan fingerprint density at radius 2 is 1.58 bits per heavy atom. The molecule has 1 heterocycles. The van der Waals surface area contributed by atoms with Crippen LogP contribution in [0.5, 0.6) is 5.75 Å². The Bertz CT molecular complexity index is 1020. The van der Waals surface area contributed by atoms with Gasteiger partial charge in [0.2, 0.25) is 0 Å². The largest absolute Gasteiger partial charge is 0.485 e. The van der Waals surface area contributed by atoms with Gasteiger partial charge in [0, 0.05) is 12.5 Å². The van der Waals surface area contributed by atoms with Gasteiger partial charge in [0.05, 0.1) is 13.0 Å². The number of esters is 1. The van der Waals surface area contributed by atoms with Gasteiger partial charge in [-0.15, -0.1) is 0 Å². The monoisotopic (exact) mass is 488 g/mol. The van der Waals surface area contributed by atoms with Gasteiger partial charge in [-0.3, -0.25) is 4.79 Å². The molecule has 1 aliphatic heterocycles. The third-order valence-electron chi connectivity index (χ3n) is 6.56. The lowest BCUT2D eigenvalue weighted by Crippen LogP contribution is -2.42. The van der Waals surface area contributed by atoms with Crippen LogP contribution in [0.3, 0.4) is 0 Å². The Hall–Kier alpha value is -3.15. The zero-order valence-corrected chi connectivity index (χ0v) is 21.8. The summed E-state index contributed by atoms with van der Waals surface area (Å²) in [5.74, 6) is 0.643. The highest BCUT2D eigenvalue weighted by molar-refractivity contribution is 5.79. The third-order valence-corrected chi connectivity index (χ3v) is 6.56. The highest BCUT2D eigenvalue weighted by atomic mass is 16.5. The van der Waals surface area contributed by atoms with Crippen LogP contribution in [0, 0.1) is 6.92 Å². The van der Waals surface area contributed by atoms with Crippen molar-refractivity contribution < 1.29 is 14.3 Å². The fourth-order valence-corrected chi connectivity index (χ4v) is 4.56. The van der Waals surface area contributed by atoms with Gasteiger partial charge in [0.15, 0.2) is 0 Å². The molecule has 2 unspecified atom stereocenters. The van der Waals surface area contributed by atoms with E-state index in [4.69, 9.17) is 9.47 Å². The highest BCUT2D eigenvalue weighted by Crippen LogP contribution is 2.27. The highest BCUT2D eigenvalue weighted by Gasteiger charge is 2.31. The van der Waals surface area contributed by atoms with E-state index in [9.17, 15) is 4.79 Å². The molecule has 0 aliphatic carbocycles. The van der Waals surface area contributed by atoms with E-state index in [1.54, 1.807) is 0 Å². The van der Waals surface area contributed by atoms with Crippen molar-refractivity contribution in [2.24, 2.45) is 0 Å². The summed E-state index contributed by atoms with van der Waals surface area (Å²) in [5, 5.41) is 6.62. The number of methoxy groups -OCH3 is 1. The second-order valence-corrected chi connectivity index (χ2v) is 9.14. The molecule has 0 amide bonds. The number of para-hydroxylation sites is 1. The number of hydrogen-bond acceptors (Lipinski definition) is 5. The first-order chi connectivity index (χ1) is 17.6. The number of rotatable bonds is 9. The van der Waals surface area contributed by atoms with Crippen LogP contribution in [0.4, 0.5) is 0 Å². The minimum Gasteiger partial charge on any atom is -0.485 e. The molecule has 0 saturated carbocycles. The summed E-state index contributed by atoms with van der Waals surface area (Å²) in [6, 6.07) is 28.7. The molecule has 0 bridgehead atoms. The van der Waals surface area contributed by atoms with Gasteiger partial charge in [-0.25, -0.2) is 0 Å². The lowest BCUT2D eigenvalue weighted by Gasteiger charge is -2.29. The number of ether oxygens (including phenoxy) is 2. The Kier molecular flexibility index (Phi) is 11.5. The molecule has 1 fully saturated rings. The molecule has 3 aromatic carbocycles. The first-order valence-electron chi connectivity index (χ1n) is 12.9. The maximum Gasteiger partial charge on any atom is 0.314 e. The third kappa shape index (κ3) is 8.21. The average Bonchev–Trinajstić information content (AvgIpc) is 2.94. The fourth-order valence-electron chi connectivity index (χ4n) is 4.56. The predicted octanol–water partition coefficient (Wildman–Crippen LogP) is 5.81. The lowest BCUT2D eigenvalue weighted by atomic mass is 9.86. The van der Waals surface area contributed by atoms with E-state index in [0.717, 1.165) is 37.2 Å². The zero-order chi connectivity index (χ0) is 25.6. The van der Waals surface area contributed by atoms with Crippen LogP contribution in [0.2, 0.25) is 0 Å². The number of hydrogen-bond donors (Lipinski definition) is 2. The van der Waals surface area contributed by atoms with Gasteiger partial charge in [-0.2, -0.15) is 0 Å². The van der Waals surface area contributed by atoms with Crippen molar-refractivity contribution in [1.82, 2.24) is 10.6 Å². The van der Waals surface area contributed by atoms with Crippen molar-refractivity contribution in [2.75, 3.05) is 27.2 Å². The summed E-state index contributed by atoms with van der Waals surface area (Å²) in [7, 11) is 3.43. The standard InChI is InChI=1S/C17H21NO.C14H19NO2/c1-14-8-6-7-11-16(14)19-17(12-13-18-2)15-9-4-3-5-10-15;1-17-14(16)13(11-7-3-2-4-8-11)12-9-5-6-10-15-12/h3-11,17-18H,12-13H2,1-2H3;2-4,7-8,12-13,15H,5-6,9-10H2,1H3/t17-;/m1./s1. The van der Waals surface area contributed by atoms with Crippen LogP contribution >= 0.6 is 0 Å². The van der Waals surface area contributed by atoms with Crippen molar-refractivity contribution in [3.05, 3.63) is 102 Å². The molecule has 1 aliphatic rings. The predicted molar refractivity (Wildman–Crippen MR) is 146 cm³/mol. The lowest BCUT2D eigenvalue weighted by molar-refractivity contribution is -0.143. The van der Waals surface area contributed by atoms with Gasteiger partial charge in [-0.05, 0) is 62.7 Å². The number of carbonyl (C=O) groups is 1. The van der Waals surface area contributed by atoms with E-state index in [2.05, 4.69) is 47.9 Å². The molecule has 4 rings (SSSR count). The van der Waals surface area contributed by atoms with Crippen LogP contribution < -0.4 is 15.4 Å². The molecule has 1 saturated heterocycles. The smallest absolute Gasteiger partial charge is 0.314 e. The molecular formula is C31H40N2O3. The van der Waals surface area contributed by atoms with Gasteiger partial charge < -0.3 is 20.1 Å². The summed E-state index contributed by atoms with van der Waals surface area (Å²) < 4.78 is 11.1. The molecule has 0 spiro atoms. The van der Waals surface area contributed by atoms with Crippen molar-refractivity contribution in [2.45, 2.75) is 50.7 Å². The van der Waals surface area contributed by atoms with Crippen LogP contribution in [0.15, 0.2) is 84.9 Å². The SMILES string of the molecule is CNCC[C@@H](Oc1ccccc1C)c1ccccc1.COC(=O)C(c1ccccc1)C1CCCCN1. The van der Waals surface area contributed by atoms with Crippen molar-refractivity contribution >= 4 is 5.97 Å². The molecule has 5 heteroatoms. The Balaban J connectivity index is 0.000000202. The first kappa shape index (κ1) is 27.4. The number of benzene rings is 3. The number of piperidine rings is 1. The normalized spacial score (nSPS) is 16.7. The van der Waals surface area contributed by atoms with E-state index in [1.807, 2.05) is 61.6 Å². The zero-order valence-electron chi connectivity index (χ0n) is 21.8. The molecule has 3 aromatic rings. The minimum atomic E-state index is -0.179. The minimum absolute atomic E-state index is 0.0924. The number of aryl methyl sites for hydroxylation is 1. The fraction of sp³-hybridized carbons (Fsp3) is 0.387. The summed E-state index contributed by atoms with van der Waals surface area (Å²) >= 11 is 0. The van der Waals surface area contributed by atoms with Crippen molar-refractivity contribution in [1.29, 1.82) is 0 Å². The quantitative estimate of drug-likeness (QED) is 0.372. The Morgan fingerprint density at radius 1 is 0.944 bits per heavy atom. The molecule has 0 aromatic heterocycles. The van der Waals surface area contributed by atoms with Crippen LogP contribution in [0.1, 0.15) is 54.4 Å². The molecule has 2 N–H and O–H groups in total. The average molecular weight is 489 g/mol. The Morgan fingerprint density at radius 3 is 2.17 bits per heavy atom. The van der Waals surface area contributed by atoms with Gasteiger partial charge in [-0.1, -0.05) is 85.3 Å². The van der Waals surface area contributed by atoms with Crippen LogP contribution in [0.25, 0.3) is 0 Å². The van der Waals surface area contributed by atoms with Gasteiger partial charge in [0.25, 0.3) is 0 Å². The molecule has 0 radical (unpaired) electrons. The van der Waals surface area contributed by atoms with E-state index >= 15 is 0 Å². The van der Waals surface area contributed by atoms with Crippen molar-refractivity contribution in [3.8, 4) is 5.75 Å². The van der Waals surface area contributed by atoms with E-state index < -0.39 is 0 Å². The number of nitrogens with one attached hydrogen (secondary N) is 2. The summed E-state index contributed by atoms with van der Waals surface area (Å²) in [4.78, 5) is 11.9. The maximum atomic E-state index is 11.9. The summed E-state index contributed by atoms with van der Waals surface area (Å²) in [5.41, 5.74) is 3.44. The molecule has 3 atom stereocenters. The van der Waals surface area contributed by atoms with Gasteiger partial charge >= 0.3 is 5.97 Å². The van der Waals surface area contributed by atoms with Gasteiger partial charge in [0.1, 0.15) is 11.9 Å². The van der Waals surface area contributed by atoms with E-state index in [-0.39, 0.29) is 24.0 Å². The molecular weight excluding hydrogens is 448 g/mol. The first-order valence-corrected chi connectivity index (χ1v) is 12.9. The second kappa shape index (κ2) is 15.1. The van der Waals surface area contributed by atoms with Crippen LogP contribution in [-0.2, 0) is 9.53 Å². The van der Waals surface area contributed by atoms with E-state index in [1.165, 1.54) is 31.1 Å². The molecule has 5 nitrogen and oxygen atoms in total. The summed E-state index contributed by atoms with van der Waals surface area (Å²) in [6.07, 6.45) is 4.45. The Labute approximate surface area is 216 Å². The van der Waals surface area contributed by atoms with E-state index in [0.29, 0.717) is 0 Å².